The zero-order valence-corrected chi connectivity index (χ0v) is 32.7. The highest BCUT2D eigenvalue weighted by molar-refractivity contribution is 5.69. The van der Waals surface area contributed by atoms with E-state index in [0.29, 0.717) is 17.3 Å². The molecule has 3 saturated carbocycles. The minimum atomic E-state index is 0.0640. The Kier molecular flexibility index (Phi) is 15.8. The van der Waals surface area contributed by atoms with E-state index in [2.05, 4.69) is 54.5 Å². The molecule has 3 fully saturated rings. The summed E-state index contributed by atoms with van der Waals surface area (Å²) in [4.78, 5) is 12.8. The fourth-order valence-electron chi connectivity index (χ4n) is 11.9. The van der Waals surface area contributed by atoms with E-state index in [-0.39, 0.29) is 12.1 Å². The van der Waals surface area contributed by atoms with Crippen molar-refractivity contribution in [3.8, 4) is 0 Å². The fraction of sp³-hybridized carbons (Fsp3) is 0.933. The maximum atomic E-state index is 12.8. The monoisotopic (exact) mass is 653 g/mol. The number of hydrogen-bond acceptors (Lipinski definition) is 2. The third-order valence-electron chi connectivity index (χ3n) is 15.1. The van der Waals surface area contributed by atoms with E-state index < -0.39 is 0 Å². The smallest absolute Gasteiger partial charge is 0.306 e. The van der Waals surface area contributed by atoms with E-state index in [0.717, 1.165) is 60.7 Å². The Labute approximate surface area is 293 Å². The number of carbonyl (C=O) groups is 1. The second kappa shape index (κ2) is 19.0. The molecule has 272 valence electrons. The van der Waals surface area contributed by atoms with Gasteiger partial charge >= 0.3 is 5.97 Å². The molecule has 4 aliphatic rings. The summed E-state index contributed by atoms with van der Waals surface area (Å²) in [5.41, 5.74) is 2.52. The van der Waals surface area contributed by atoms with E-state index in [4.69, 9.17) is 4.74 Å². The van der Waals surface area contributed by atoms with Crippen LogP contribution in [0.2, 0.25) is 0 Å². The molecule has 4 aliphatic carbocycles. The summed E-state index contributed by atoms with van der Waals surface area (Å²) in [5, 5.41) is 0. The zero-order valence-electron chi connectivity index (χ0n) is 32.7. The van der Waals surface area contributed by atoms with Crippen LogP contribution in [0, 0.1) is 52.3 Å². The standard InChI is InChI=1S/C45H80O2/c1-8-10-11-12-13-14-15-16-17-18-19-20-21-22-43(46)47-38-29-31-44(6)37(33-38)25-26-39-41-28-27-40(45(41,7)32-30-42(39)44)35(5)23-24-36(9-2)34(3)4/h25,34-36,38-42H,8-24,26-33H2,1-7H3/t35?,36?,38-,39?,40?,41?,42?,44-,45+/m0/s1. The highest BCUT2D eigenvalue weighted by Crippen LogP contribution is 2.67. The van der Waals surface area contributed by atoms with Gasteiger partial charge in [0, 0.05) is 12.8 Å². The molecule has 0 amide bonds. The number of carbonyl (C=O) groups excluding carboxylic acids is 1. The number of allylic oxidation sites excluding steroid dienone is 1. The molecule has 0 aliphatic heterocycles. The van der Waals surface area contributed by atoms with Crippen LogP contribution in [0.15, 0.2) is 11.6 Å². The SMILES string of the molecule is CCCCCCCCCCCCCCCC(=O)O[C@H]1CC[C@@]2(C)C(=CCC3C4CCC(C(C)CCC(CC)C(C)C)[C@@]4(C)CCC32)C1. The molecule has 4 rings (SSSR count). The largest absolute Gasteiger partial charge is 0.462 e. The number of esters is 1. The molecule has 0 heterocycles. The number of ether oxygens (including phenoxy) is 1. The van der Waals surface area contributed by atoms with E-state index in [1.807, 2.05) is 0 Å². The van der Waals surface area contributed by atoms with Crippen LogP contribution in [0.4, 0.5) is 0 Å². The van der Waals surface area contributed by atoms with Crippen molar-refractivity contribution in [1.29, 1.82) is 0 Å². The van der Waals surface area contributed by atoms with E-state index in [1.54, 1.807) is 5.57 Å². The lowest BCUT2D eigenvalue weighted by Gasteiger charge is -2.58. The first-order valence-electron chi connectivity index (χ1n) is 21.5. The number of rotatable bonds is 21. The quantitative estimate of drug-likeness (QED) is 0.0700. The first kappa shape index (κ1) is 39.0. The van der Waals surface area contributed by atoms with Gasteiger partial charge in [0.25, 0.3) is 0 Å². The van der Waals surface area contributed by atoms with Gasteiger partial charge in [0.15, 0.2) is 0 Å². The van der Waals surface area contributed by atoms with Gasteiger partial charge in [0.1, 0.15) is 6.10 Å². The van der Waals surface area contributed by atoms with Crippen molar-refractivity contribution in [2.45, 2.75) is 215 Å². The molecule has 6 unspecified atom stereocenters. The summed E-state index contributed by atoms with van der Waals surface area (Å²) in [7, 11) is 0. The predicted octanol–water partition coefficient (Wildman–Crippen LogP) is 14.1. The van der Waals surface area contributed by atoms with Crippen LogP contribution >= 0.6 is 0 Å². The van der Waals surface area contributed by atoms with Crippen molar-refractivity contribution in [3.63, 3.8) is 0 Å². The number of hydrogen-bond donors (Lipinski definition) is 0. The Balaban J connectivity index is 1.16. The summed E-state index contributed by atoms with van der Waals surface area (Å²) >= 11 is 0. The molecule has 0 spiro atoms. The molecule has 0 saturated heterocycles. The van der Waals surface area contributed by atoms with Gasteiger partial charge in [-0.3, -0.25) is 4.79 Å². The normalized spacial score (nSPS) is 33.1. The lowest BCUT2D eigenvalue weighted by Crippen LogP contribution is -2.51. The Hall–Kier alpha value is -0.790. The van der Waals surface area contributed by atoms with Gasteiger partial charge in [0.05, 0.1) is 0 Å². The van der Waals surface area contributed by atoms with Crippen molar-refractivity contribution in [1.82, 2.24) is 0 Å². The van der Waals surface area contributed by atoms with Crippen molar-refractivity contribution in [2.75, 3.05) is 0 Å². The third kappa shape index (κ3) is 10.1. The number of fused-ring (bicyclic) bond motifs is 5. The van der Waals surface area contributed by atoms with Crippen LogP contribution in [0.25, 0.3) is 0 Å². The first-order chi connectivity index (χ1) is 22.6. The van der Waals surface area contributed by atoms with Gasteiger partial charge in [-0.2, -0.15) is 0 Å². The Bertz CT molecular complexity index is 950. The summed E-state index contributed by atoms with van der Waals surface area (Å²) in [5.74, 6) is 6.18. The maximum Gasteiger partial charge on any atom is 0.306 e. The van der Waals surface area contributed by atoms with Crippen LogP contribution in [0.5, 0.6) is 0 Å². The number of unbranched alkanes of at least 4 members (excludes halogenated alkanes) is 12. The minimum absolute atomic E-state index is 0.0640. The molecule has 0 bridgehead atoms. The second-order valence-electron chi connectivity index (χ2n) is 18.3. The highest BCUT2D eigenvalue weighted by atomic mass is 16.5. The molecule has 2 nitrogen and oxygen atoms in total. The van der Waals surface area contributed by atoms with E-state index in [1.165, 1.54) is 135 Å². The van der Waals surface area contributed by atoms with Gasteiger partial charge in [-0.1, -0.05) is 150 Å². The Morgan fingerprint density at radius 1 is 0.787 bits per heavy atom. The Morgan fingerprint density at radius 3 is 2.04 bits per heavy atom. The first-order valence-corrected chi connectivity index (χ1v) is 21.5. The van der Waals surface area contributed by atoms with Crippen LogP contribution in [-0.4, -0.2) is 12.1 Å². The predicted molar refractivity (Wildman–Crippen MR) is 202 cm³/mol. The van der Waals surface area contributed by atoms with Crippen LogP contribution < -0.4 is 0 Å². The van der Waals surface area contributed by atoms with E-state index >= 15 is 0 Å². The van der Waals surface area contributed by atoms with Crippen molar-refractivity contribution >= 4 is 5.97 Å². The molecule has 9 atom stereocenters. The van der Waals surface area contributed by atoms with Gasteiger partial charge < -0.3 is 4.74 Å². The topological polar surface area (TPSA) is 26.3 Å². The minimum Gasteiger partial charge on any atom is -0.462 e. The molecule has 0 N–H and O–H groups in total. The van der Waals surface area contributed by atoms with Crippen LogP contribution in [0.3, 0.4) is 0 Å². The van der Waals surface area contributed by atoms with Gasteiger partial charge in [-0.15, -0.1) is 0 Å². The molecule has 0 aromatic heterocycles. The molecule has 0 aromatic carbocycles. The molecular weight excluding hydrogens is 572 g/mol. The van der Waals surface area contributed by atoms with Crippen molar-refractivity contribution in [2.24, 2.45) is 52.3 Å². The average Bonchev–Trinajstić information content (AvgIpc) is 3.41. The van der Waals surface area contributed by atoms with E-state index in [9.17, 15) is 4.79 Å². The van der Waals surface area contributed by atoms with Crippen LogP contribution in [-0.2, 0) is 9.53 Å². The van der Waals surface area contributed by atoms with Crippen molar-refractivity contribution < 1.29 is 9.53 Å². The third-order valence-corrected chi connectivity index (χ3v) is 15.1. The lowest BCUT2D eigenvalue weighted by molar-refractivity contribution is -0.151. The second-order valence-corrected chi connectivity index (χ2v) is 18.3. The summed E-state index contributed by atoms with van der Waals surface area (Å²) < 4.78 is 6.14. The summed E-state index contributed by atoms with van der Waals surface area (Å²) in [6, 6.07) is 0. The van der Waals surface area contributed by atoms with Gasteiger partial charge in [-0.25, -0.2) is 0 Å². The highest BCUT2D eigenvalue weighted by Gasteiger charge is 2.59. The van der Waals surface area contributed by atoms with Crippen molar-refractivity contribution in [3.05, 3.63) is 11.6 Å². The fourth-order valence-corrected chi connectivity index (χ4v) is 11.9. The summed E-state index contributed by atoms with van der Waals surface area (Å²) in [6.45, 7) is 17.5. The van der Waals surface area contributed by atoms with Crippen LogP contribution in [0.1, 0.15) is 209 Å². The molecule has 0 aromatic rings. The summed E-state index contributed by atoms with van der Waals surface area (Å²) in [6.07, 6.45) is 35.4. The molecular formula is C45H80O2. The Morgan fingerprint density at radius 2 is 1.43 bits per heavy atom. The zero-order chi connectivity index (χ0) is 33.9. The van der Waals surface area contributed by atoms with Gasteiger partial charge in [0.2, 0.25) is 0 Å². The average molecular weight is 653 g/mol. The molecule has 2 heteroatoms. The van der Waals surface area contributed by atoms with Gasteiger partial charge in [-0.05, 0) is 110 Å². The maximum absolute atomic E-state index is 12.8. The molecule has 47 heavy (non-hydrogen) atoms. The lowest BCUT2D eigenvalue weighted by atomic mass is 9.47. The molecule has 0 radical (unpaired) electrons.